The van der Waals surface area contributed by atoms with Crippen LogP contribution in [0.4, 0.5) is 0 Å². The van der Waals surface area contributed by atoms with E-state index in [1.54, 1.807) is 0 Å². The van der Waals surface area contributed by atoms with E-state index in [9.17, 15) is 0 Å². The summed E-state index contributed by atoms with van der Waals surface area (Å²) in [5, 5.41) is 0. The third-order valence-corrected chi connectivity index (χ3v) is 4.66. The van der Waals surface area contributed by atoms with E-state index in [0.717, 1.165) is 12.5 Å². The fourth-order valence-corrected chi connectivity index (χ4v) is 3.34. The van der Waals surface area contributed by atoms with Crippen LogP contribution in [0.3, 0.4) is 0 Å². The summed E-state index contributed by atoms with van der Waals surface area (Å²) in [6, 6.07) is 0.442. The molecule has 2 rings (SSSR count). The van der Waals surface area contributed by atoms with Crippen molar-refractivity contribution in [2.24, 2.45) is 11.7 Å². The lowest BCUT2D eigenvalue weighted by molar-refractivity contribution is 0.0161. The molecule has 1 heterocycles. The minimum absolute atomic E-state index is 0.442. The molecule has 19 heavy (non-hydrogen) atoms. The first-order valence-corrected chi connectivity index (χ1v) is 8.00. The standard InChI is InChI=1S/C16H30N2O/c1-2-3-12-19-15-8-10-18(11-9-15)13-14-6-4-5-7-16(14)17/h2-3,14-16H,4-13,17H2,1H3/b3-2+/t14-,16?/m0/s1. The Balaban J connectivity index is 1.65. The molecule has 1 saturated heterocycles. The second-order valence-corrected chi connectivity index (χ2v) is 6.11. The van der Waals surface area contributed by atoms with Gasteiger partial charge in [0.25, 0.3) is 0 Å². The van der Waals surface area contributed by atoms with Gasteiger partial charge >= 0.3 is 0 Å². The molecule has 3 heteroatoms. The molecule has 2 atom stereocenters. The summed E-state index contributed by atoms with van der Waals surface area (Å²) in [6.07, 6.45) is 12.2. The van der Waals surface area contributed by atoms with E-state index >= 15 is 0 Å². The Labute approximate surface area is 118 Å². The van der Waals surface area contributed by atoms with Gasteiger partial charge in [-0.25, -0.2) is 0 Å². The van der Waals surface area contributed by atoms with E-state index in [1.807, 2.05) is 6.92 Å². The molecule has 1 aliphatic heterocycles. The zero-order valence-electron chi connectivity index (χ0n) is 12.4. The Morgan fingerprint density at radius 3 is 2.58 bits per heavy atom. The molecule has 110 valence electrons. The van der Waals surface area contributed by atoms with Crippen molar-refractivity contribution in [3.8, 4) is 0 Å². The monoisotopic (exact) mass is 266 g/mol. The second kappa shape index (κ2) is 8.03. The molecule has 2 fully saturated rings. The average Bonchev–Trinajstić information content (AvgIpc) is 2.44. The normalized spacial score (nSPS) is 31.1. The molecule has 0 radical (unpaired) electrons. The average molecular weight is 266 g/mol. The predicted molar refractivity (Wildman–Crippen MR) is 80.2 cm³/mol. The Morgan fingerprint density at radius 2 is 1.89 bits per heavy atom. The number of ether oxygens (including phenoxy) is 1. The summed E-state index contributed by atoms with van der Waals surface area (Å²) in [7, 11) is 0. The number of allylic oxidation sites excluding steroid dienone is 1. The first-order valence-electron chi connectivity index (χ1n) is 8.00. The lowest BCUT2D eigenvalue weighted by Crippen LogP contribution is -2.45. The number of piperidine rings is 1. The van der Waals surface area contributed by atoms with Crippen molar-refractivity contribution >= 4 is 0 Å². The van der Waals surface area contributed by atoms with Crippen LogP contribution in [0.5, 0.6) is 0 Å². The molecule has 2 aliphatic rings. The van der Waals surface area contributed by atoms with E-state index < -0.39 is 0 Å². The van der Waals surface area contributed by atoms with Gasteiger partial charge in [-0.3, -0.25) is 0 Å². The van der Waals surface area contributed by atoms with Gasteiger partial charge in [0.05, 0.1) is 12.7 Å². The highest BCUT2D eigenvalue weighted by Crippen LogP contribution is 2.25. The van der Waals surface area contributed by atoms with Crippen LogP contribution in [0.25, 0.3) is 0 Å². The van der Waals surface area contributed by atoms with Crippen LogP contribution in [0.15, 0.2) is 12.2 Å². The summed E-state index contributed by atoms with van der Waals surface area (Å²) < 4.78 is 5.84. The van der Waals surface area contributed by atoms with Gasteiger partial charge in [-0.2, -0.15) is 0 Å². The number of likely N-dealkylation sites (tertiary alicyclic amines) is 1. The highest BCUT2D eigenvalue weighted by Gasteiger charge is 2.26. The Hall–Kier alpha value is -0.380. The Bertz CT molecular complexity index is 272. The molecule has 3 nitrogen and oxygen atoms in total. The van der Waals surface area contributed by atoms with Gasteiger partial charge in [0.15, 0.2) is 0 Å². The van der Waals surface area contributed by atoms with Crippen LogP contribution >= 0.6 is 0 Å². The van der Waals surface area contributed by atoms with Crippen molar-refractivity contribution in [3.05, 3.63) is 12.2 Å². The molecule has 0 aromatic carbocycles. The van der Waals surface area contributed by atoms with Crippen molar-refractivity contribution in [1.82, 2.24) is 4.90 Å². The van der Waals surface area contributed by atoms with E-state index in [2.05, 4.69) is 17.1 Å². The maximum atomic E-state index is 6.25. The minimum Gasteiger partial charge on any atom is -0.374 e. The fourth-order valence-electron chi connectivity index (χ4n) is 3.34. The van der Waals surface area contributed by atoms with Crippen molar-refractivity contribution < 1.29 is 4.74 Å². The van der Waals surface area contributed by atoms with Crippen LogP contribution < -0.4 is 5.73 Å². The molecule has 0 spiro atoms. The predicted octanol–water partition coefficient (Wildman–Crippen LogP) is 2.56. The zero-order valence-corrected chi connectivity index (χ0v) is 12.4. The van der Waals surface area contributed by atoms with Crippen LogP contribution in [0.1, 0.15) is 45.4 Å². The third-order valence-electron chi connectivity index (χ3n) is 4.66. The van der Waals surface area contributed by atoms with Gasteiger partial charge in [-0.05, 0) is 38.5 Å². The van der Waals surface area contributed by atoms with Crippen molar-refractivity contribution in [2.45, 2.75) is 57.6 Å². The molecular formula is C16H30N2O. The molecule has 1 aliphatic carbocycles. The van der Waals surface area contributed by atoms with Crippen LogP contribution in [-0.2, 0) is 4.74 Å². The van der Waals surface area contributed by atoms with Crippen molar-refractivity contribution in [1.29, 1.82) is 0 Å². The molecule has 0 bridgehead atoms. The van der Waals surface area contributed by atoms with Crippen molar-refractivity contribution in [2.75, 3.05) is 26.2 Å². The van der Waals surface area contributed by atoms with Gasteiger partial charge in [0.2, 0.25) is 0 Å². The molecule has 1 unspecified atom stereocenters. The minimum atomic E-state index is 0.442. The molecule has 1 saturated carbocycles. The molecular weight excluding hydrogens is 236 g/mol. The number of hydrogen-bond donors (Lipinski definition) is 1. The maximum Gasteiger partial charge on any atom is 0.0651 e. The van der Waals surface area contributed by atoms with Crippen molar-refractivity contribution in [3.63, 3.8) is 0 Å². The van der Waals surface area contributed by atoms with Crippen LogP contribution in [-0.4, -0.2) is 43.3 Å². The van der Waals surface area contributed by atoms with Gasteiger partial charge in [-0.15, -0.1) is 0 Å². The molecule has 0 aromatic rings. The van der Waals surface area contributed by atoms with Gasteiger partial charge in [0, 0.05) is 25.7 Å². The van der Waals surface area contributed by atoms with Crippen LogP contribution in [0, 0.1) is 5.92 Å². The topological polar surface area (TPSA) is 38.5 Å². The Morgan fingerprint density at radius 1 is 1.16 bits per heavy atom. The van der Waals surface area contributed by atoms with Gasteiger partial charge in [-0.1, -0.05) is 25.0 Å². The highest BCUT2D eigenvalue weighted by atomic mass is 16.5. The fraction of sp³-hybridized carbons (Fsp3) is 0.875. The van der Waals surface area contributed by atoms with E-state index in [-0.39, 0.29) is 0 Å². The zero-order chi connectivity index (χ0) is 13.5. The van der Waals surface area contributed by atoms with E-state index in [1.165, 1.54) is 58.2 Å². The number of nitrogens with zero attached hydrogens (tertiary/aromatic N) is 1. The summed E-state index contributed by atoms with van der Waals surface area (Å²) in [5.41, 5.74) is 6.25. The molecule has 0 aromatic heterocycles. The number of rotatable bonds is 5. The van der Waals surface area contributed by atoms with Gasteiger partial charge in [0.1, 0.15) is 0 Å². The lowest BCUT2D eigenvalue weighted by atomic mass is 9.84. The first kappa shape index (κ1) is 15.0. The maximum absolute atomic E-state index is 6.25. The smallest absolute Gasteiger partial charge is 0.0651 e. The van der Waals surface area contributed by atoms with E-state index in [0.29, 0.717) is 12.1 Å². The van der Waals surface area contributed by atoms with E-state index in [4.69, 9.17) is 10.5 Å². The lowest BCUT2D eigenvalue weighted by Gasteiger charge is -2.37. The summed E-state index contributed by atoms with van der Waals surface area (Å²) >= 11 is 0. The Kier molecular flexibility index (Phi) is 6.35. The van der Waals surface area contributed by atoms with Gasteiger partial charge < -0.3 is 15.4 Å². The second-order valence-electron chi connectivity index (χ2n) is 6.11. The summed E-state index contributed by atoms with van der Waals surface area (Å²) in [5.74, 6) is 0.731. The molecule has 2 N–H and O–H groups in total. The number of hydrogen-bond acceptors (Lipinski definition) is 3. The molecule has 0 amide bonds. The largest absolute Gasteiger partial charge is 0.374 e. The quantitative estimate of drug-likeness (QED) is 0.777. The summed E-state index contributed by atoms with van der Waals surface area (Å²) in [6.45, 7) is 6.39. The highest BCUT2D eigenvalue weighted by molar-refractivity contribution is 4.83. The summed E-state index contributed by atoms with van der Waals surface area (Å²) in [4.78, 5) is 2.60. The third kappa shape index (κ3) is 4.90. The first-order chi connectivity index (χ1) is 9.29. The SMILES string of the molecule is C/C=C/COC1CCN(C[C@@H]2CCCCC2N)CC1. The van der Waals surface area contributed by atoms with Crippen LogP contribution in [0.2, 0.25) is 0 Å². The number of nitrogens with two attached hydrogens (primary N) is 1.